The first-order valence-electron chi connectivity index (χ1n) is 6.28. The fourth-order valence-electron chi connectivity index (χ4n) is 2.36. The average molecular weight is 287 g/mol. The molecule has 1 aliphatic heterocycles. The molecule has 0 radical (unpaired) electrons. The molecule has 5 nitrogen and oxygen atoms in total. The number of hydrogen-bond acceptors (Lipinski definition) is 4. The van der Waals surface area contributed by atoms with E-state index in [1.807, 2.05) is 0 Å². The number of imide groups is 1. The Bertz CT molecular complexity index is 810. The first-order valence-corrected chi connectivity index (χ1v) is 6.28. The molecule has 0 saturated carbocycles. The van der Waals surface area contributed by atoms with E-state index in [1.165, 1.54) is 6.07 Å². The zero-order valence-electron chi connectivity index (χ0n) is 10.8. The summed E-state index contributed by atoms with van der Waals surface area (Å²) in [4.78, 5) is 34.8. The molecule has 0 fully saturated rings. The fraction of sp³-hybridized carbons (Fsp3) is 0.133. The second-order valence-electron chi connectivity index (χ2n) is 4.71. The van der Waals surface area contributed by atoms with Crippen LogP contribution >= 0.6 is 0 Å². The molecular weight excluding hydrogens is 277 g/mol. The van der Waals surface area contributed by atoms with Gasteiger partial charge in [-0.15, -0.1) is 0 Å². The third kappa shape index (κ3) is 2.47. The number of fused-ring (bicyclic) bond motifs is 1. The topological polar surface area (TPSA) is 76.4 Å². The summed E-state index contributed by atoms with van der Waals surface area (Å²) >= 11 is 0. The van der Waals surface area contributed by atoms with Gasteiger partial charge in [-0.25, -0.2) is 9.18 Å². The molecule has 0 unspecified atom stereocenters. The Labute approximate surface area is 118 Å². The number of halogens is 1. The number of benzene rings is 1. The summed E-state index contributed by atoms with van der Waals surface area (Å²) in [5, 5.41) is 2.16. The van der Waals surface area contributed by atoms with Crippen LogP contribution in [0.3, 0.4) is 0 Å². The van der Waals surface area contributed by atoms with E-state index in [0.29, 0.717) is 11.1 Å². The van der Waals surface area contributed by atoms with Crippen molar-refractivity contribution in [3.63, 3.8) is 0 Å². The van der Waals surface area contributed by atoms with Crippen LogP contribution < -0.4 is 10.9 Å². The number of carbonyl (C=O) groups is 2. The molecule has 1 N–H and O–H groups in total. The second kappa shape index (κ2) is 4.97. The quantitative estimate of drug-likeness (QED) is 0.842. The van der Waals surface area contributed by atoms with Gasteiger partial charge in [-0.05, 0) is 17.2 Å². The lowest BCUT2D eigenvalue weighted by Crippen LogP contribution is -2.38. The van der Waals surface area contributed by atoms with Gasteiger partial charge < -0.3 is 4.42 Å². The summed E-state index contributed by atoms with van der Waals surface area (Å²) in [7, 11) is 0. The van der Waals surface area contributed by atoms with Gasteiger partial charge in [0.05, 0.1) is 12.0 Å². The molecule has 21 heavy (non-hydrogen) atoms. The first-order chi connectivity index (χ1) is 10.0. The Kier molecular flexibility index (Phi) is 3.13. The van der Waals surface area contributed by atoms with Crippen molar-refractivity contribution in [2.45, 2.75) is 12.8 Å². The third-order valence-electron chi connectivity index (χ3n) is 3.26. The van der Waals surface area contributed by atoms with Gasteiger partial charge in [-0.1, -0.05) is 18.2 Å². The van der Waals surface area contributed by atoms with E-state index < -0.39 is 23.3 Å². The summed E-state index contributed by atoms with van der Waals surface area (Å²) in [6.45, 7) is 0. The van der Waals surface area contributed by atoms with Crippen molar-refractivity contribution >= 4 is 11.8 Å². The minimum absolute atomic E-state index is 0.0302. The van der Waals surface area contributed by atoms with Crippen LogP contribution in [0, 0.1) is 5.82 Å². The minimum atomic E-state index is -0.664. The predicted molar refractivity (Wildman–Crippen MR) is 70.4 cm³/mol. The van der Waals surface area contributed by atoms with Crippen LogP contribution in [-0.4, -0.2) is 11.8 Å². The number of nitrogens with one attached hydrogen (secondary N) is 1. The standard InChI is InChI=1S/C15H10FNO4/c16-10-4-2-1-3-8(10)5-9-6-13(19)21-11-7-12(18)17-15(20)14(9)11/h1-4,6H,5,7H2,(H,17,18,20). The van der Waals surface area contributed by atoms with E-state index in [0.717, 1.165) is 6.07 Å². The average Bonchev–Trinajstić information content (AvgIpc) is 2.40. The third-order valence-corrected chi connectivity index (χ3v) is 3.26. The van der Waals surface area contributed by atoms with E-state index in [9.17, 15) is 18.8 Å². The van der Waals surface area contributed by atoms with Gasteiger partial charge in [-0.2, -0.15) is 0 Å². The summed E-state index contributed by atoms with van der Waals surface area (Å²) in [5.74, 6) is -1.55. The van der Waals surface area contributed by atoms with Crippen LogP contribution in [-0.2, 0) is 17.6 Å². The molecule has 0 spiro atoms. The maximum absolute atomic E-state index is 13.7. The van der Waals surface area contributed by atoms with Crippen LogP contribution in [0.4, 0.5) is 4.39 Å². The van der Waals surface area contributed by atoms with Crippen molar-refractivity contribution in [2.24, 2.45) is 0 Å². The molecule has 1 aromatic heterocycles. The molecule has 1 aromatic carbocycles. The number of carbonyl (C=O) groups excluding carboxylic acids is 2. The lowest BCUT2D eigenvalue weighted by molar-refractivity contribution is -0.120. The summed E-state index contributed by atoms with van der Waals surface area (Å²) < 4.78 is 18.6. The smallest absolute Gasteiger partial charge is 0.336 e. The van der Waals surface area contributed by atoms with Crippen molar-refractivity contribution in [3.8, 4) is 0 Å². The minimum Gasteiger partial charge on any atom is -0.426 e. The molecule has 0 atom stereocenters. The van der Waals surface area contributed by atoms with E-state index in [1.54, 1.807) is 18.2 Å². The van der Waals surface area contributed by atoms with Gasteiger partial charge in [0.15, 0.2) is 0 Å². The van der Waals surface area contributed by atoms with Crippen molar-refractivity contribution < 1.29 is 18.4 Å². The molecule has 2 heterocycles. The molecule has 0 aliphatic carbocycles. The predicted octanol–water partition coefficient (Wildman–Crippen LogP) is 1.18. The van der Waals surface area contributed by atoms with Crippen molar-refractivity contribution in [1.29, 1.82) is 0 Å². The Balaban J connectivity index is 2.11. The molecule has 2 aromatic rings. The monoisotopic (exact) mass is 287 g/mol. The van der Waals surface area contributed by atoms with E-state index in [4.69, 9.17) is 4.42 Å². The molecule has 106 valence electrons. The fourth-order valence-corrected chi connectivity index (χ4v) is 2.36. The van der Waals surface area contributed by atoms with Crippen molar-refractivity contribution in [1.82, 2.24) is 5.32 Å². The highest BCUT2D eigenvalue weighted by atomic mass is 19.1. The molecule has 3 rings (SSSR count). The number of hydrogen-bond donors (Lipinski definition) is 1. The Morgan fingerprint density at radius 1 is 1.14 bits per heavy atom. The number of rotatable bonds is 2. The SMILES string of the molecule is O=C1Cc2oc(=O)cc(Cc3ccccc3F)c2C(=O)N1. The van der Waals surface area contributed by atoms with Crippen LogP contribution in [0.1, 0.15) is 27.2 Å². The highest BCUT2D eigenvalue weighted by molar-refractivity contribution is 6.09. The highest BCUT2D eigenvalue weighted by Crippen LogP contribution is 2.21. The van der Waals surface area contributed by atoms with E-state index in [2.05, 4.69) is 5.32 Å². The molecule has 0 saturated heterocycles. The van der Waals surface area contributed by atoms with E-state index >= 15 is 0 Å². The largest absolute Gasteiger partial charge is 0.426 e. The Morgan fingerprint density at radius 3 is 2.67 bits per heavy atom. The molecule has 2 amide bonds. The summed E-state index contributed by atoms with van der Waals surface area (Å²) in [6, 6.07) is 7.25. The maximum atomic E-state index is 13.7. The zero-order chi connectivity index (χ0) is 15.0. The van der Waals surface area contributed by atoms with Gasteiger partial charge in [-0.3, -0.25) is 14.9 Å². The van der Waals surface area contributed by atoms with Gasteiger partial charge >= 0.3 is 5.63 Å². The zero-order valence-corrected chi connectivity index (χ0v) is 10.8. The van der Waals surface area contributed by atoms with Crippen LogP contribution in [0.15, 0.2) is 39.5 Å². The van der Waals surface area contributed by atoms with Crippen LogP contribution in [0.5, 0.6) is 0 Å². The molecule has 0 bridgehead atoms. The maximum Gasteiger partial charge on any atom is 0.336 e. The Hall–Kier alpha value is -2.76. The van der Waals surface area contributed by atoms with Gasteiger partial charge in [0.2, 0.25) is 5.91 Å². The van der Waals surface area contributed by atoms with E-state index in [-0.39, 0.29) is 24.2 Å². The van der Waals surface area contributed by atoms with Gasteiger partial charge in [0.1, 0.15) is 11.6 Å². The second-order valence-corrected chi connectivity index (χ2v) is 4.71. The van der Waals surface area contributed by atoms with Crippen LogP contribution in [0.2, 0.25) is 0 Å². The van der Waals surface area contributed by atoms with Gasteiger partial charge in [0.25, 0.3) is 5.91 Å². The molecular formula is C15H10FNO4. The van der Waals surface area contributed by atoms with Crippen molar-refractivity contribution in [3.05, 3.63) is 69.0 Å². The summed E-state index contributed by atoms with van der Waals surface area (Å²) in [6.07, 6.45) is -0.107. The lowest BCUT2D eigenvalue weighted by atomic mass is 9.96. The first kappa shape index (κ1) is 13.2. The summed E-state index contributed by atoms with van der Waals surface area (Å²) in [5.41, 5.74) is 0.173. The molecule has 1 aliphatic rings. The molecule has 6 heteroatoms. The van der Waals surface area contributed by atoms with Gasteiger partial charge in [0, 0.05) is 12.5 Å². The number of amides is 2. The highest BCUT2D eigenvalue weighted by Gasteiger charge is 2.28. The van der Waals surface area contributed by atoms with Crippen molar-refractivity contribution in [2.75, 3.05) is 0 Å². The van der Waals surface area contributed by atoms with Crippen LogP contribution in [0.25, 0.3) is 0 Å². The normalized spacial score (nSPS) is 13.8. The Morgan fingerprint density at radius 2 is 1.90 bits per heavy atom. The lowest BCUT2D eigenvalue weighted by Gasteiger charge is -2.16.